The molecule has 9 N–H and O–H groups in total. The molecule has 0 aromatic rings. The van der Waals surface area contributed by atoms with Gasteiger partial charge in [0.2, 0.25) is 0 Å². The van der Waals surface area contributed by atoms with Gasteiger partial charge in [-0.3, -0.25) is 14.4 Å². The highest BCUT2D eigenvalue weighted by Crippen LogP contribution is 2.13. The SMILES string of the molecule is NCCCC[C@H](NCCCCCCCCCCCCCCCCO)C(=O)O.N[C@@H](CC(=O)O)C(=O)O. The van der Waals surface area contributed by atoms with Gasteiger partial charge in [-0.1, -0.05) is 83.5 Å². The van der Waals surface area contributed by atoms with E-state index in [1.807, 2.05) is 0 Å². The molecule has 0 bridgehead atoms. The lowest BCUT2D eigenvalue weighted by molar-refractivity contribution is -0.144. The van der Waals surface area contributed by atoms with Crippen LogP contribution in [0, 0.1) is 0 Å². The summed E-state index contributed by atoms with van der Waals surface area (Å²) < 4.78 is 0. The molecule has 0 aliphatic rings. The Morgan fingerprint density at radius 1 is 0.639 bits per heavy atom. The first-order chi connectivity index (χ1) is 17.3. The Morgan fingerprint density at radius 2 is 1.08 bits per heavy atom. The number of nitrogens with one attached hydrogen (secondary N) is 1. The van der Waals surface area contributed by atoms with Crippen LogP contribution < -0.4 is 16.8 Å². The molecule has 214 valence electrons. The van der Waals surface area contributed by atoms with Crippen LogP contribution in [0.3, 0.4) is 0 Å². The van der Waals surface area contributed by atoms with Gasteiger partial charge in [-0.15, -0.1) is 0 Å². The number of aliphatic hydroxyl groups is 1. The van der Waals surface area contributed by atoms with E-state index < -0.39 is 36.4 Å². The average molecular weight is 520 g/mol. The number of nitrogens with two attached hydrogens (primary N) is 2. The maximum Gasteiger partial charge on any atom is 0.321 e. The fourth-order valence-corrected chi connectivity index (χ4v) is 3.72. The Bertz CT molecular complexity index is 536. The Labute approximate surface area is 217 Å². The fraction of sp³-hybridized carbons (Fsp3) is 0.885. The highest BCUT2D eigenvalue weighted by Gasteiger charge is 2.15. The van der Waals surface area contributed by atoms with E-state index in [2.05, 4.69) is 5.32 Å². The van der Waals surface area contributed by atoms with E-state index in [4.69, 9.17) is 26.8 Å². The van der Waals surface area contributed by atoms with Crippen molar-refractivity contribution < 1.29 is 34.8 Å². The summed E-state index contributed by atoms with van der Waals surface area (Å²) in [6.07, 6.45) is 19.6. The minimum absolute atomic E-state index is 0.342. The lowest BCUT2D eigenvalue weighted by Gasteiger charge is -2.14. The van der Waals surface area contributed by atoms with Gasteiger partial charge in [-0.05, 0) is 38.8 Å². The molecule has 10 nitrogen and oxygen atoms in total. The Hall–Kier alpha value is -1.75. The molecule has 0 saturated heterocycles. The Balaban J connectivity index is 0. The molecule has 0 fully saturated rings. The van der Waals surface area contributed by atoms with E-state index >= 15 is 0 Å². The summed E-state index contributed by atoms with van der Waals surface area (Å²) in [6, 6.07) is -1.70. The van der Waals surface area contributed by atoms with Gasteiger partial charge in [-0.25, -0.2) is 0 Å². The van der Waals surface area contributed by atoms with E-state index in [-0.39, 0.29) is 0 Å². The van der Waals surface area contributed by atoms with Crippen molar-refractivity contribution in [3.05, 3.63) is 0 Å². The number of hydrogen-bond acceptors (Lipinski definition) is 7. The minimum atomic E-state index is -1.29. The van der Waals surface area contributed by atoms with Crippen LogP contribution in [-0.4, -0.2) is 70.1 Å². The van der Waals surface area contributed by atoms with E-state index in [1.165, 1.54) is 77.0 Å². The van der Waals surface area contributed by atoms with Gasteiger partial charge in [0, 0.05) is 6.61 Å². The standard InChI is InChI=1S/C22H46N2O3.C4H7NO4/c23-18-14-13-17-21(22(26)27)24-19-15-11-9-7-5-3-1-2-4-6-8-10-12-16-20-25;5-2(4(8)9)1-3(6)7/h21,24-25H,1-20,23H2,(H,26,27);2H,1,5H2,(H,6,7)(H,8,9)/t21-;2-/m00/s1. The third-order valence-corrected chi connectivity index (χ3v) is 5.93. The first kappa shape index (κ1) is 36.4. The molecule has 0 heterocycles. The first-order valence-electron chi connectivity index (χ1n) is 13.7. The number of carboxylic acids is 3. The zero-order chi connectivity index (χ0) is 27.4. The van der Waals surface area contributed by atoms with Crippen LogP contribution in [0.2, 0.25) is 0 Å². The number of carboxylic acid groups (broad SMARTS) is 3. The van der Waals surface area contributed by atoms with E-state index in [0.29, 0.717) is 19.6 Å². The first-order valence-corrected chi connectivity index (χ1v) is 13.7. The number of aliphatic hydroxyl groups excluding tert-OH is 1. The zero-order valence-corrected chi connectivity index (χ0v) is 22.2. The smallest absolute Gasteiger partial charge is 0.321 e. The summed E-state index contributed by atoms with van der Waals surface area (Å²) in [7, 11) is 0. The van der Waals surface area contributed by atoms with Crippen molar-refractivity contribution in [1.82, 2.24) is 5.32 Å². The molecule has 0 aliphatic carbocycles. The van der Waals surface area contributed by atoms with Crippen LogP contribution >= 0.6 is 0 Å². The normalized spacial score (nSPS) is 12.4. The van der Waals surface area contributed by atoms with E-state index in [9.17, 15) is 19.5 Å². The molecule has 0 aromatic carbocycles. The van der Waals surface area contributed by atoms with Crippen molar-refractivity contribution >= 4 is 17.9 Å². The molecule has 36 heavy (non-hydrogen) atoms. The second kappa shape index (κ2) is 27.8. The molecule has 0 unspecified atom stereocenters. The second-order valence-electron chi connectivity index (χ2n) is 9.35. The van der Waals surface area contributed by atoms with E-state index in [1.54, 1.807) is 0 Å². The largest absolute Gasteiger partial charge is 0.481 e. The van der Waals surface area contributed by atoms with Crippen LogP contribution in [0.1, 0.15) is 116 Å². The predicted molar refractivity (Wildman–Crippen MR) is 142 cm³/mol. The lowest BCUT2D eigenvalue weighted by atomic mass is 10.0. The van der Waals surface area contributed by atoms with Gasteiger partial charge in [0.05, 0.1) is 6.42 Å². The average Bonchev–Trinajstić information content (AvgIpc) is 2.82. The molecule has 0 rings (SSSR count). The lowest BCUT2D eigenvalue weighted by Crippen LogP contribution is -2.37. The van der Waals surface area contributed by atoms with Crippen molar-refractivity contribution in [2.24, 2.45) is 11.5 Å². The molecular weight excluding hydrogens is 466 g/mol. The Morgan fingerprint density at radius 3 is 1.42 bits per heavy atom. The highest BCUT2D eigenvalue weighted by atomic mass is 16.4. The number of hydrogen-bond donors (Lipinski definition) is 7. The summed E-state index contributed by atoms with van der Waals surface area (Å²) in [4.78, 5) is 30.8. The van der Waals surface area contributed by atoms with E-state index in [0.717, 1.165) is 32.2 Å². The van der Waals surface area contributed by atoms with Crippen LogP contribution in [0.4, 0.5) is 0 Å². The van der Waals surface area contributed by atoms with Gasteiger partial charge < -0.3 is 37.2 Å². The monoisotopic (exact) mass is 519 g/mol. The van der Waals surface area contributed by atoms with Crippen molar-refractivity contribution in [2.45, 2.75) is 128 Å². The molecule has 0 saturated carbocycles. The van der Waals surface area contributed by atoms with Gasteiger partial charge in [-0.2, -0.15) is 0 Å². The van der Waals surface area contributed by atoms with Crippen LogP contribution in [0.25, 0.3) is 0 Å². The summed E-state index contributed by atoms with van der Waals surface area (Å²) in [5, 5.41) is 37.1. The van der Waals surface area contributed by atoms with Gasteiger partial charge in [0.25, 0.3) is 0 Å². The van der Waals surface area contributed by atoms with Gasteiger partial charge in [0.15, 0.2) is 0 Å². The highest BCUT2D eigenvalue weighted by molar-refractivity contribution is 5.80. The van der Waals surface area contributed by atoms with Gasteiger partial charge >= 0.3 is 17.9 Å². The summed E-state index contributed by atoms with van der Waals surface area (Å²) in [5.41, 5.74) is 10.3. The quantitative estimate of drug-likeness (QED) is 0.0877. The molecule has 0 aromatic heterocycles. The van der Waals surface area contributed by atoms with Crippen LogP contribution in [0.15, 0.2) is 0 Å². The zero-order valence-electron chi connectivity index (χ0n) is 22.2. The number of rotatable bonds is 25. The molecule has 0 amide bonds. The molecule has 2 atom stereocenters. The number of unbranched alkanes of at least 4 members (excludes halogenated alkanes) is 14. The molecule has 10 heteroatoms. The maximum atomic E-state index is 11.2. The molecule has 0 radical (unpaired) electrons. The molecular formula is C26H53N3O7. The van der Waals surface area contributed by atoms with Crippen LogP contribution in [0.5, 0.6) is 0 Å². The summed E-state index contributed by atoms with van der Waals surface area (Å²) in [6.45, 7) is 1.78. The third-order valence-electron chi connectivity index (χ3n) is 5.93. The van der Waals surface area contributed by atoms with Crippen molar-refractivity contribution in [3.8, 4) is 0 Å². The third kappa shape index (κ3) is 28.5. The Kier molecular flexibility index (Phi) is 28.1. The van der Waals surface area contributed by atoms with Crippen LogP contribution in [-0.2, 0) is 14.4 Å². The van der Waals surface area contributed by atoms with Crippen molar-refractivity contribution in [2.75, 3.05) is 19.7 Å². The maximum absolute atomic E-state index is 11.2. The number of carbonyl (C=O) groups is 3. The fourth-order valence-electron chi connectivity index (χ4n) is 3.72. The minimum Gasteiger partial charge on any atom is -0.481 e. The topological polar surface area (TPSA) is 196 Å². The number of aliphatic carboxylic acids is 3. The van der Waals surface area contributed by atoms with Crippen molar-refractivity contribution in [3.63, 3.8) is 0 Å². The second-order valence-corrected chi connectivity index (χ2v) is 9.35. The molecule has 0 aliphatic heterocycles. The summed E-state index contributed by atoms with van der Waals surface area (Å²) in [5.74, 6) is -3.24. The molecule has 0 spiro atoms. The predicted octanol–water partition coefficient (Wildman–Crippen LogP) is 3.48. The van der Waals surface area contributed by atoms with Gasteiger partial charge in [0.1, 0.15) is 12.1 Å². The van der Waals surface area contributed by atoms with Crippen molar-refractivity contribution in [1.29, 1.82) is 0 Å². The summed E-state index contributed by atoms with van der Waals surface area (Å²) >= 11 is 0.